The summed E-state index contributed by atoms with van der Waals surface area (Å²) in [7, 11) is 0. The fourth-order valence-corrected chi connectivity index (χ4v) is 1.90. The van der Waals surface area contributed by atoms with Crippen molar-refractivity contribution in [2.75, 3.05) is 0 Å². The minimum absolute atomic E-state index is 0.243. The molecule has 1 N–H and O–H groups in total. The summed E-state index contributed by atoms with van der Waals surface area (Å²) in [4.78, 5) is 21.4. The molecule has 1 amide bonds. The first-order valence-corrected chi connectivity index (χ1v) is 5.73. The molecule has 0 fully saturated rings. The van der Waals surface area contributed by atoms with Crippen LogP contribution in [-0.4, -0.2) is 22.1 Å². The SMILES string of the molecule is Cc1ccc(/C=N/NC(=O)c2cnccn2)s1. The Hall–Kier alpha value is -2.08. The Kier molecular flexibility index (Phi) is 3.56. The van der Waals surface area contributed by atoms with E-state index in [0.29, 0.717) is 0 Å². The smallest absolute Gasteiger partial charge is 0.265 e. The molecule has 6 heteroatoms. The van der Waals surface area contributed by atoms with Crippen LogP contribution in [-0.2, 0) is 0 Å². The monoisotopic (exact) mass is 246 g/mol. The van der Waals surface area contributed by atoms with Gasteiger partial charge in [-0.2, -0.15) is 5.10 Å². The summed E-state index contributed by atoms with van der Waals surface area (Å²) in [5.74, 6) is -0.373. The van der Waals surface area contributed by atoms with Crippen LogP contribution in [0.2, 0.25) is 0 Å². The van der Waals surface area contributed by atoms with Gasteiger partial charge < -0.3 is 0 Å². The van der Waals surface area contributed by atoms with Crippen molar-refractivity contribution in [3.05, 3.63) is 46.2 Å². The first-order chi connectivity index (χ1) is 8.25. The number of carbonyl (C=O) groups is 1. The Morgan fingerprint density at radius 2 is 2.35 bits per heavy atom. The van der Waals surface area contributed by atoms with Crippen LogP contribution in [0.3, 0.4) is 0 Å². The third-order valence-corrected chi connectivity index (χ3v) is 2.85. The van der Waals surface area contributed by atoms with E-state index in [-0.39, 0.29) is 11.6 Å². The first-order valence-electron chi connectivity index (χ1n) is 4.91. The molecule has 0 aliphatic heterocycles. The molecule has 5 nitrogen and oxygen atoms in total. The summed E-state index contributed by atoms with van der Waals surface area (Å²) in [5, 5.41) is 3.85. The summed E-state index contributed by atoms with van der Waals surface area (Å²) < 4.78 is 0. The van der Waals surface area contributed by atoms with Gasteiger partial charge in [0.05, 0.1) is 12.4 Å². The molecule has 0 spiro atoms. The average Bonchev–Trinajstić information content (AvgIpc) is 2.76. The van der Waals surface area contributed by atoms with E-state index >= 15 is 0 Å². The van der Waals surface area contributed by atoms with Crippen molar-refractivity contribution in [1.82, 2.24) is 15.4 Å². The van der Waals surface area contributed by atoms with Gasteiger partial charge >= 0.3 is 0 Å². The number of rotatable bonds is 3. The molecule has 0 aliphatic carbocycles. The van der Waals surface area contributed by atoms with Crippen molar-refractivity contribution in [2.45, 2.75) is 6.92 Å². The zero-order valence-electron chi connectivity index (χ0n) is 9.12. The molecule has 86 valence electrons. The summed E-state index contributed by atoms with van der Waals surface area (Å²) in [5.41, 5.74) is 2.63. The van der Waals surface area contributed by atoms with Gasteiger partial charge in [-0.15, -0.1) is 11.3 Å². The number of aromatic nitrogens is 2. The maximum Gasteiger partial charge on any atom is 0.291 e. The van der Waals surface area contributed by atoms with Crippen LogP contribution >= 0.6 is 11.3 Å². The minimum atomic E-state index is -0.373. The molecule has 0 unspecified atom stereocenters. The number of amides is 1. The maximum atomic E-state index is 11.5. The molecule has 2 heterocycles. The predicted octanol–water partition coefficient (Wildman–Crippen LogP) is 1.61. The van der Waals surface area contributed by atoms with E-state index < -0.39 is 0 Å². The number of hydrogen-bond donors (Lipinski definition) is 1. The Balaban J connectivity index is 1.95. The second kappa shape index (κ2) is 5.31. The molecule has 0 radical (unpaired) electrons. The molecule has 17 heavy (non-hydrogen) atoms. The van der Waals surface area contributed by atoms with E-state index in [9.17, 15) is 4.79 Å². The molecule has 0 saturated carbocycles. The summed E-state index contributed by atoms with van der Waals surface area (Å²) in [6.45, 7) is 2.01. The maximum absolute atomic E-state index is 11.5. The lowest BCUT2D eigenvalue weighted by Crippen LogP contribution is -2.18. The number of hydrazone groups is 1. The Bertz CT molecular complexity index is 535. The Morgan fingerprint density at radius 1 is 1.47 bits per heavy atom. The normalized spacial score (nSPS) is 10.6. The van der Waals surface area contributed by atoms with Crippen LogP contribution < -0.4 is 5.43 Å². The van der Waals surface area contributed by atoms with E-state index in [0.717, 1.165) is 4.88 Å². The van der Waals surface area contributed by atoms with E-state index in [1.807, 2.05) is 19.1 Å². The topological polar surface area (TPSA) is 67.2 Å². The highest BCUT2D eigenvalue weighted by Gasteiger charge is 2.04. The van der Waals surface area contributed by atoms with Crippen LogP contribution in [0.5, 0.6) is 0 Å². The third-order valence-electron chi connectivity index (χ3n) is 1.91. The number of nitrogens with zero attached hydrogens (tertiary/aromatic N) is 3. The minimum Gasteiger partial charge on any atom is -0.265 e. The van der Waals surface area contributed by atoms with Crippen molar-refractivity contribution >= 4 is 23.5 Å². The van der Waals surface area contributed by atoms with Gasteiger partial charge in [0.2, 0.25) is 0 Å². The average molecular weight is 246 g/mol. The van der Waals surface area contributed by atoms with Gasteiger partial charge in [0, 0.05) is 22.1 Å². The predicted molar refractivity (Wildman–Crippen MR) is 66.1 cm³/mol. The van der Waals surface area contributed by atoms with E-state index in [2.05, 4.69) is 20.5 Å². The summed E-state index contributed by atoms with van der Waals surface area (Å²) in [6.07, 6.45) is 5.96. The standard InChI is InChI=1S/C11H10N4OS/c1-8-2-3-9(17-8)6-14-15-11(16)10-7-12-4-5-13-10/h2-7H,1H3,(H,15,16)/b14-6+. The molecule has 0 bridgehead atoms. The Labute approximate surface area is 102 Å². The van der Waals surface area contributed by atoms with Crippen LogP contribution in [0, 0.1) is 6.92 Å². The molecule has 0 saturated heterocycles. The van der Waals surface area contributed by atoms with E-state index in [4.69, 9.17) is 0 Å². The number of thiophene rings is 1. The second-order valence-corrected chi connectivity index (χ2v) is 4.56. The van der Waals surface area contributed by atoms with Crippen molar-refractivity contribution < 1.29 is 4.79 Å². The van der Waals surface area contributed by atoms with Gasteiger partial charge in [-0.1, -0.05) is 0 Å². The molecule has 2 aromatic heterocycles. The van der Waals surface area contributed by atoms with Gasteiger partial charge in [-0.25, -0.2) is 10.4 Å². The largest absolute Gasteiger partial charge is 0.291 e. The lowest BCUT2D eigenvalue weighted by Gasteiger charge is -1.96. The lowest BCUT2D eigenvalue weighted by molar-refractivity contribution is 0.0950. The molecular weight excluding hydrogens is 236 g/mol. The van der Waals surface area contributed by atoms with Crippen LogP contribution in [0.15, 0.2) is 35.8 Å². The first kappa shape index (κ1) is 11.4. The molecule has 0 atom stereocenters. The number of carbonyl (C=O) groups excluding carboxylic acids is 1. The van der Waals surface area contributed by atoms with Gasteiger partial charge in [0.25, 0.3) is 5.91 Å². The molecule has 0 aliphatic rings. The highest BCUT2D eigenvalue weighted by molar-refractivity contribution is 7.13. The van der Waals surface area contributed by atoms with Gasteiger partial charge in [0.15, 0.2) is 0 Å². The van der Waals surface area contributed by atoms with Crippen molar-refractivity contribution in [1.29, 1.82) is 0 Å². The van der Waals surface area contributed by atoms with E-state index in [1.165, 1.54) is 23.5 Å². The van der Waals surface area contributed by atoms with Crippen LogP contribution in [0.25, 0.3) is 0 Å². The molecular formula is C11H10N4OS. The number of aryl methyl sites for hydroxylation is 1. The quantitative estimate of drug-likeness (QED) is 0.661. The fraction of sp³-hybridized carbons (Fsp3) is 0.0909. The third kappa shape index (κ3) is 3.18. The van der Waals surface area contributed by atoms with Crippen molar-refractivity contribution in [2.24, 2.45) is 5.10 Å². The van der Waals surface area contributed by atoms with Crippen molar-refractivity contribution in [3.8, 4) is 0 Å². The highest BCUT2D eigenvalue weighted by atomic mass is 32.1. The zero-order valence-corrected chi connectivity index (χ0v) is 9.94. The van der Waals surface area contributed by atoms with Crippen molar-refractivity contribution in [3.63, 3.8) is 0 Å². The number of hydrogen-bond acceptors (Lipinski definition) is 5. The summed E-state index contributed by atoms with van der Waals surface area (Å²) in [6, 6.07) is 3.94. The van der Waals surface area contributed by atoms with Gasteiger partial charge in [-0.05, 0) is 19.1 Å². The van der Waals surface area contributed by atoms with Crippen LogP contribution in [0.4, 0.5) is 0 Å². The van der Waals surface area contributed by atoms with Gasteiger partial charge in [0.1, 0.15) is 5.69 Å². The Morgan fingerprint density at radius 3 is 3.00 bits per heavy atom. The lowest BCUT2D eigenvalue weighted by atomic mass is 10.4. The molecule has 2 rings (SSSR count). The summed E-state index contributed by atoms with van der Waals surface area (Å²) >= 11 is 1.61. The number of nitrogens with one attached hydrogen (secondary N) is 1. The second-order valence-electron chi connectivity index (χ2n) is 3.24. The molecule has 2 aromatic rings. The fourth-order valence-electron chi connectivity index (χ4n) is 1.15. The van der Waals surface area contributed by atoms with E-state index in [1.54, 1.807) is 17.6 Å². The highest BCUT2D eigenvalue weighted by Crippen LogP contribution is 2.12. The molecule has 0 aromatic carbocycles. The zero-order chi connectivity index (χ0) is 12.1. The van der Waals surface area contributed by atoms with Crippen LogP contribution in [0.1, 0.15) is 20.2 Å². The van der Waals surface area contributed by atoms with Gasteiger partial charge in [-0.3, -0.25) is 9.78 Å².